The molecule has 6 nitrogen and oxygen atoms in total. The van der Waals surface area contributed by atoms with E-state index in [4.69, 9.17) is 9.47 Å². The molecule has 2 aromatic rings. The van der Waals surface area contributed by atoms with Crippen LogP contribution >= 0.6 is 0 Å². The average Bonchev–Trinajstić information content (AvgIpc) is 3.57. The highest BCUT2D eigenvalue weighted by Crippen LogP contribution is 2.52. The summed E-state index contributed by atoms with van der Waals surface area (Å²) in [6, 6.07) is 21.4. The minimum atomic E-state index is -0.727. The molecular weight excluding hydrogens is 462 g/mol. The Balaban J connectivity index is 1.39. The van der Waals surface area contributed by atoms with E-state index in [9.17, 15) is 4.79 Å². The zero-order chi connectivity index (χ0) is 25.6. The lowest BCUT2D eigenvalue weighted by atomic mass is 9.81. The van der Waals surface area contributed by atoms with Crippen molar-refractivity contribution >= 4 is 17.5 Å². The van der Waals surface area contributed by atoms with Crippen molar-refractivity contribution in [3.8, 4) is 0 Å². The number of hydrogen-bond acceptors (Lipinski definition) is 4. The molecule has 0 aliphatic carbocycles. The first-order valence-corrected chi connectivity index (χ1v) is 13.5. The Bertz CT molecular complexity index is 1260. The van der Waals surface area contributed by atoms with Crippen LogP contribution in [0.5, 0.6) is 0 Å². The van der Waals surface area contributed by atoms with Gasteiger partial charge in [0.1, 0.15) is 11.7 Å². The van der Waals surface area contributed by atoms with Gasteiger partial charge in [-0.2, -0.15) is 4.58 Å². The molecule has 3 atom stereocenters. The van der Waals surface area contributed by atoms with Gasteiger partial charge in [-0.25, -0.2) is 0 Å². The Morgan fingerprint density at radius 3 is 2.43 bits per heavy atom. The second-order valence-corrected chi connectivity index (χ2v) is 10.8. The molecule has 4 heterocycles. The van der Waals surface area contributed by atoms with Gasteiger partial charge in [0.15, 0.2) is 5.60 Å². The van der Waals surface area contributed by atoms with Crippen LogP contribution in [0.25, 0.3) is 0 Å². The molecule has 3 unspecified atom stereocenters. The molecule has 1 saturated heterocycles. The van der Waals surface area contributed by atoms with Gasteiger partial charge in [-0.05, 0) is 38.3 Å². The van der Waals surface area contributed by atoms with Gasteiger partial charge in [0.25, 0.3) is 5.91 Å². The lowest BCUT2D eigenvalue weighted by Crippen LogP contribution is -2.47. The minimum absolute atomic E-state index is 0.0304. The summed E-state index contributed by atoms with van der Waals surface area (Å²) in [5.74, 6) is 0.677. The molecule has 1 fully saturated rings. The van der Waals surface area contributed by atoms with Crippen LogP contribution in [0.15, 0.2) is 84.0 Å². The van der Waals surface area contributed by atoms with Gasteiger partial charge < -0.3 is 19.7 Å². The molecule has 2 aromatic carbocycles. The first-order chi connectivity index (χ1) is 18.0. The molecule has 37 heavy (non-hydrogen) atoms. The Hall–Kier alpha value is -3.22. The lowest BCUT2D eigenvalue weighted by Gasteiger charge is -2.35. The van der Waals surface area contributed by atoms with E-state index >= 15 is 0 Å². The van der Waals surface area contributed by atoms with Crippen LogP contribution in [0.1, 0.15) is 32.3 Å². The number of fused-ring (bicyclic) bond motifs is 1. The molecule has 6 rings (SSSR count). The number of para-hydroxylation sites is 1. The van der Waals surface area contributed by atoms with Crippen molar-refractivity contribution in [2.24, 2.45) is 0 Å². The Labute approximate surface area is 219 Å². The third-order valence-corrected chi connectivity index (χ3v) is 8.36. The number of nitrogens with zero attached hydrogens (tertiary/aromatic N) is 2. The highest BCUT2D eigenvalue weighted by Gasteiger charge is 2.68. The van der Waals surface area contributed by atoms with Crippen LogP contribution in [0, 0.1) is 0 Å². The second kappa shape index (κ2) is 9.58. The van der Waals surface area contributed by atoms with Crippen molar-refractivity contribution in [1.29, 1.82) is 0 Å². The van der Waals surface area contributed by atoms with Gasteiger partial charge in [0.2, 0.25) is 11.7 Å². The quantitative estimate of drug-likeness (QED) is 0.483. The molecule has 0 saturated carbocycles. The number of carbonyl (C=O) groups excluding carboxylic acids is 1. The van der Waals surface area contributed by atoms with Crippen molar-refractivity contribution in [2.75, 3.05) is 20.2 Å². The molecule has 0 radical (unpaired) electrons. The fourth-order valence-electron chi connectivity index (χ4n) is 6.49. The Kier molecular flexibility index (Phi) is 6.25. The Morgan fingerprint density at radius 2 is 1.78 bits per heavy atom. The highest BCUT2D eigenvalue weighted by molar-refractivity contribution is 6.08. The van der Waals surface area contributed by atoms with Gasteiger partial charge in [0.05, 0.1) is 12.7 Å². The van der Waals surface area contributed by atoms with Crippen LogP contribution in [-0.2, 0) is 20.7 Å². The second-order valence-electron chi connectivity index (χ2n) is 10.8. The van der Waals surface area contributed by atoms with E-state index in [0.29, 0.717) is 17.5 Å². The molecule has 6 heteroatoms. The average molecular weight is 499 g/mol. The summed E-state index contributed by atoms with van der Waals surface area (Å²) in [6.07, 6.45) is 6.54. The molecule has 1 amide bonds. The first-order valence-electron chi connectivity index (χ1n) is 13.5. The molecule has 2 bridgehead atoms. The van der Waals surface area contributed by atoms with Crippen LogP contribution in [0.2, 0.25) is 0 Å². The van der Waals surface area contributed by atoms with Crippen molar-refractivity contribution in [2.45, 2.75) is 62.9 Å². The zero-order valence-electron chi connectivity index (χ0n) is 21.9. The normalized spacial score (nSPS) is 27.4. The number of hydrogen-bond donors (Lipinski definition) is 1. The first kappa shape index (κ1) is 24.1. The summed E-state index contributed by atoms with van der Waals surface area (Å²) in [6.45, 7) is 6.48. The maximum atomic E-state index is 13.8. The molecular formula is C31H36N3O3+. The third kappa shape index (κ3) is 4.03. The number of ether oxygens (including phenoxy) is 2. The topological polar surface area (TPSA) is 53.8 Å². The van der Waals surface area contributed by atoms with Gasteiger partial charge in [0, 0.05) is 43.7 Å². The molecule has 0 aromatic heterocycles. The van der Waals surface area contributed by atoms with E-state index in [0.717, 1.165) is 43.6 Å². The van der Waals surface area contributed by atoms with E-state index in [1.807, 2.05) is 24.3 Å². The predicted molar refractivity (Wildman–Crippen MR) is 144 cm³/mol. The number of likely N-dealkylation sites (tertiary alicyclic amines) is 1. The number of nitrogens with one attached hydrogen (secondary N) is 1. The van der Waals surface area contributed by atoms with Gasteiger partial charge in [-0.3, -0.25) is 4.79 Å². The summed E-state index contributed by atoms with van der Waals surface area (Å²) in [5.41, 5.74) is 3.09. The van der Waals surface area contributed by atoms with Crippen LogP contribution in [0.4, 0.5) is 5.69 Å². The molecule has 192 valence electrons. The van der Waals surface area contributed by atoms with E-state index in [1.54, 1.807) is 7.11 Å². The third-order valence-electron chi connectivity index (χ3n) is 8.36. The molecule has 1 spiro atoms. The van der Waals surface area contributed by atoms with Gasteiger partial charge in [-0.1, -0.05) is 54.6 Å². The fourth-order valence-corrected chi connectivity index (χ4v) is 6.49. The Morgan fingerprint density at radius 1 is 1.11 bits per heavy atom. The maximum absolute atomic E-state index is 13.8. The molecule has 1 N–H and O–H groups in total. The van der Waals surface area contributed by atoms with Gasteiger partial charge in [-0.15, -0.1) is 0 Å². The monoisotopic (exact) mass is 498 g/mol. The van der Waals surface area contributed by atoms with E-state index in [1.165, 1.54) is 5.56 Å². The number of rotatable bonds is 6. The molecule has 4 aliphatic rings. The van der Waals surface area contributed by atoms with E-state index in [-0.39, 0.29) is 24.1 Å². The number of methoxy groups -OCH3 is 1. The number of amides is 1. The fraction of sp³-hybridized carbons (Fsp3) is 0.419. The predicted octanol–water partition coefficient (Wildman–Crippen LogP) is 3.99. The summed E-state index contributed by atoms with van der Waals surface area (Å²) in [7, 11) is 1.70. The van der Waals surface area contributed by atoms with Crippen molar-refractivity contribution in [1.82, 2.24) is 10.2 Å². The maximum Gasteiger partial charge on any atom is 0.375 e. The summed E-state index contributed by atoms with van der Waals surface area (Å²) in [4.78, 5) is 16.3. The summed E-state index contributed by atoms with van der Waals surface area (Å²) < 4.78 is 15.1. The highest BCUT2D eigenvalue weighted by atomic mass is 16.5. The van der Waals surface area contributed by atoms with Crippen molar-refractivity contribution in [3.63, 3.8) is 0 Å². The van der Waals surface area contributed by atoms with E-state index in [2.05, 4.69) is 77.2 Å². The SMILES string of the molecule is COC1=[N+](c2ccccc2)C(Cc2ccccc2)C23C=CC(O2)C(C(=O)NC2CCN(C(C)C)CC2)=C13. The number of benzene rings is 2. The van der Waals surface area contributed by atoms with Crippen LogP contribution < -0.4 is 5.32 Å². The standard InChI is InChI=1S/C31H35N3O3/c1-21(2)33-18-15-23(16-19-33)32-29(35)27-25-14-17-31(37-25)26(20-22-10-6-4-7-11-22)34(30(36-3)28(27)31)24-12-8-5-9-13-24/h4-14,17,21,23,25-26H,15-16,18-20H2,1-3H3/p+1. The minimum Gasteiger partial charge on any atom is -0.447 e. The number of carbonyl (C=O) groups is 1. The lowest BCUT2D eigenvalue weighted by molar-refractivity contribution is -0.499. The molecule has 4 aliphatic heterocycles. The smallest absolute Gasteiger partial charge is 0.375 e. The van der Waals surface area contributed by atoms with Crippen LogP contribution in [0.3, 0.4) is 0 Å². The van der Waals surface area contributed by atoms with Crippen LogP contribution in [-0.4, -0.2) is 71.3 Å². The zero-order valence-corrected chi connectivity index (χ0v) is 21.9. The van der Waals surface area contributed by atoms with Crippen molar-refractivity contribution in [3.05, 3.63) is 89.5 Å². The van der Waals surface area contributed by atoms with Crippen molar-refractivity contribution < 1.29 is 18.8 Å². The van der Waals surface area contributed by atoms with Gasteiger partial charge >= 0.3 is 5.90 Å². The van der Waals surface area contributed by atoms with E-state index < -0.39 is 5.60 Å². The summed E-state index contributed by atoms with van der Waals surface area (Å²) >= 11 is 0. The largest absolute Gasteiger partial charge is 0.447 e. The number of piperidine rings is 1. The summed E-state index contributed by atoms with van der Waals surface area (Å²) in [5, 5.41) is 3.35.